The van der Waals surface area contributed by atoms with Crippen molar-refractivity contribution >= 4 is 24.3 Å². The van der Waals surface area contributed by atoms with Gasteiger partial charge in [-0.05, 0) is 71.7 Å². The van der Waals surface area contributed by atoms with Crippen molar-refractivity contribution in [2.75, 3.05) is 13.1 Å². The van der Waals surface area contributed by atoms with Gasteiger partial charge in [0.05, 0.1) is 4.91 Å². The quantitative estimate of drug-likeness (QED) is 0.433. The minimum Gasteiger partial charge on any atom is -0.444 e. The summed E-state index contributed by atoms with van der Waals surface area (Å²) in [5.41, 5.74) is 4.78. The van der Waals surface area contributed by atoms with Gasteiger partial charge in [-0.3, -0.25) is 10.1 Å². The third-order valence-corrected chi connectivity index (χ3v) is 4.51. The Morgan fingerprint density at radius 1 is 1.46 bits per heavy atom. The number of hydrogen-bond acceptors (Lipinski definition) is 6. The molecule has 138 valence electrons. The zero-order valence-electron chi connectivity index (χ0n) is 15.5. The van der Waals surface area contributed by atoms with Crippen LogP contribution in [0.25, 0.3) is 0 Å². The number of aliphatic imine (C=N–C) groups is 1. The molecule has 1 saturated heterocycles. The molecule has 0 spiro atoms. The number of amides is 1. The second-order valence-corrected chi connectivity index (χ2v) is 8.55. The van der Waals surface area contributed by atoms with Gasteiger partial charge in [0, 0.05) is 31.0 Å². The number of allylic oxidation sites excluding steroid dienone is 1. The summed E-state index contributed by atoms with van der Waals surface area (Å²) in [6, 6.07) is 0. The molecule has 1 aliphatic heterocycles. The molecule has 1 heterocycles. The summed E-state index contributed by atoms with van der Waals surface area (Å²) in [6.45, 7) is 11.4. The molecule has 0 bridgehead atoms. The standard InChI is InChI=1S/C17H32N4O2S/c1-16(2,3)23-15(22)21-12-13(9-17(21,4)5)7-6-8-20-11-14(10-18)24-19/h10-11,13H,6-9,12,18-19H2,1-5H3/b14-10+,20-11?. The Bertz CT molecular complexity index is 483. The van der Waals surface area contributed by atoms with Crippen molar-refractivity contribution in [2.24, 2.45) is 21.8 Å². The summed E-state index contributed by atoms with van der Waals surface area (Å²) >= 11 is 1.09. The first-order chi connectivity index (χ1) is 11.1. The molecule has 24 heavy (non-hydrogen) atoms. The van der Waals surface area contributed by atoms with E-state index < -0.39 is 5.60 Å². The fraction of sp³-hybridized carbons (Fsp3) is 0.765. The van der Waals surface area contributed by atoms with Gasteiger partial charge < -0.3 is 15.4 Å². The topological polar surface area (TPSA) is 93.9 Å². The molecule has 0 aromatic heterocycles. The lowest BCUT2D eigenvalue weighted by atomic mass is 9.93. The van der Waals surface area contributed by atoms with E-state index in [9.17, 15) is 4.79 Å². The zero-order chi connectivity index (χ0) is 18.4. The zero-order valence-corrected chi connectivity index (χ0v) is 16.4. The Balaban J connectivity index is 2.46. The van der Waals surface area contributed by atoms with Gasteiger partial charge in [-0.2, -0.15) is 0 Å². The molecule has 0 radical (unpaired) electrons. The minimum absolute atomic E-state index is 0.165. The molecule has 0 saturated carbocycles. The van der Waals surface area contributed by atoms with Gasteiger partial charge >= 0.3 is 6.09 Å². The maximum absolute atomic E-state index is 12.4. The number of nitrogens with two attached hydrogens (primary N) is 2. The van der Waals surface area contributed by atoms with Crippen molar-refractivity contribution in [1.82, 2.24) is 4.90 Å². The monoisotopic (exact) mass is 356 g/mol. The van der Waals surface area contributed by atoms with Crippen molar-refractivity contribution < 1.29 is 9.53 Å². The lowest BCUT2D eigenvalue weighted by molar-refractivity contribution is 0.0131. The summed E-state index contributed by atoms with van der Waals surface area (Å²) in [5, 5.41) is 5.44. The second kappa shape index (κ2) is 8.76. The molecule has 0 aromatic carbocycles. The van der Waals surface area contributed by atoms with Gasteiger partial charge in [0.25, 0.3) is 0 Å². The maximum Gasteiger partial charge on any atom is 0.410 e. The molecule has 6 nitrogen and oxygen atoms in total. The highest BCUT2D eigenvalue weighted by Crippen LogP contribution is 2.36. The van der Waals surface area contributed by atoms with E-state index in [2.05, 4.69) is 18.8 Å². The lowest BCUT2D eigenvalue weighted by Gasteiger charge is -2.33. The number of rotatable bonds is 6. The molecule has 7 heteroatoms. The van der Waals surface area contributed by atoms with Gasteiger partial charge in [-0.1, -0.05) is 0 Å². The Morgan fingerprint density at radius 2 is 2.12 bits per heavy atom. The van der Waals surface area contributed by atoms with Gasteiger partial charge in [-0.25, -0.2) is 4.79 Å². The van der Waals surface area contributed by atoms with Crippen molar-refractivity contribution in [2.45, 2.75) is 65.0 Å². The molecule has 4 N–H and O–H groups in total. The van der Waals surface area contributed by atoms with Crippen LogP contribution < -0.4 is 10.9 Å². The van der Waals surface area contributed by atoms with Crippen LogP contribution in [0.1, 0.15) is 53.9 Å². The van der Waals surface area contributed by atoms with E-state index in [-0.39, 0.29) is 11.6 Å². The highest BCUT2D eigenvalue weighted by Gasteiger charge is 2.42. The van der Waals surface area contributed by atoms with Crippen molar-refractivity contribution in [1.29, 1.82) is 0 Å². The first kappa shape index (κ1) is 20.8. The van der Waals surface area contributed by atoms with Crippen molar-refractivity contribution in [3.63, 3.8) is 0 Å². The molecule has 0 aliphatic carbocycles. The van der Waals surface area contributed by atoms with E-state index >= 15 is 0 Å². The molecule has 0 aromatic rings. The third-order valence-electron chi connectivity index (χ3n) is 3.99. The first-order valence-electron chi connectivity index (χ1n) is 8.38. The van der Waals surface area contributed by atoms with Crippen LogP contribution in [0, 0.1) is 5.92 Å². The summed E-state index contributed by atoms with van der Waals surface area (Å²) in [7, 11) is 0. The number of carbonyl (C=O) groups excluding carboxylic acids is 1. The Hall–Kier alpha value is -1.21. The van der Waals surface area contributed by atoms with Crippen LogP contribution in [-0.4, -0.2) is 41.4 Å². The molecule has 1 rings (SSSR count). The Kier molecular flexibility index (Phi) is 7.60. The summed E-state index contributed by atoms with van der Waals surface area (Å²) in [6.07, 6.45) is 5.94. The smallest absolute Gasteiger partial charge is 0.410 e. The van der Waals surface area contributed by atoms with Gasteiger partial charge in [0.15, 0.2) is 0 Å². The normalized spacial score (nSPS) is 21.5. The molecule has 1 aliphatic rings. The largest absolute Gasteiger partial charge is 0.444 e. The van der Waals surface area contributed by atoms with Crippen molar-refractivity contribution in [3.05, 3.63) is 11.1 Å². The van der Waals surface area contributed by atoms with Crippen LogP contribution in [0.15, 0.2) is 16.1 Å². The molecule has 1 atom stereocenters. The van der Waals surface area contributed by atoms with Crippen molar-refractivity contribution in [3.8, 4) is 0 Å². The van der Waals surface area contributed by atoms with E-state index in [1.807, 2.05) is 25.7 Å². The fourth-order valence-electron chi connectivity index (χ4n) is 2.96. The fourth-order valence-corrected chi connectivity index (χ4v) is 3.17. The lowest BCUT2D eigenvalue weighted by Crippen LogP contribution is -2.45. The third kappa shape index (κ3) is 6.73. The van der Waals surface area contributed by atoms with E-state index in [0.29, 0.717) is 5.92 Å². The van der Waals surface area contributed by atoms with Gasteiger partial charge in [0.1, 0.15) is 5.60 Å². The minimum atomic E-state index is -0.463. The molecule has 1 fully saturated rings. The average Bonchev–Trinajstić information content (AvgIpc) is 2.76. The number of hydrogen-bond donors (Lipinski definition) is 2. The summed E-state index contributed by atoms with van der Waals surface area (Å²) in [4.78, 5) is 19.3. The predicted molar refractivity (Wildman–Crippen MR) is 102 cm³/mol. The van der Waals surface area contributed by atoms with Crippen LogP contribution in [0.2, 0.25) is 0 Å². The number of likely N-dealkylation sites (tertiary alicyclic amines) is 1. The first-order valence-corrected chi connectivity index (χ1v) is 9.26. The van der Waals surface area contributed by atoms with E-state index in [1.54, 1.807) is 6.21 Å². The van der Waals surface area contributed by atoms with Gasteiger partial charge in [0.2, 0.25) is 0 Å². The van der Waals surface area contributed by atoms with Gasteiger partial charge in [-0.15, -0.1) is 0 Å². The molecular formula is C17H32N4O2S. The maximum atomic E-state index is 12.4. The van der Waals surface area contributed by atoms with Crippen LogP contribution in [0.5, 0.6) is 0 Å². The number of carbonyl (C=O) groups is 1. The van der Waals surface area contributed by atoms with E-state index in [4.69, 9.17) is 15.6 Å². The molecule has 1 amide bonds. The average molecular weight is 357 g/mol. The second-order valence-electron chi connectivity index (χ2n) is 7.84. The number of nitrogens with zero attached hydrogens (tertiary/aromatic N) is 2. The summed E-state index contributed by atoms with van der Waals surface area (Å²) < 4.78 is 5.53. The van der Waals surface area contributed by atoms with Crippen LogP contribution >= 0.6 is 11.9 Å². The van der Waals surface area contributed by atoms with E-state index in [0.717, 1.165) is 49.2 Å². The SMILES string of the molecule is CC(C)(C)OC(=O)N1CC(CCCN=C/C(=C\N)SN)CC1(C)C. The van der Waals surface area contributed by atoms with E-state index in [1.165, 1.54) is 6.20 Å². The molecular weight excluding hydrogens is 324 g/mol. The molecule has 1 unspecified atom stereocenters. The van der Waals surface area contributed by atoms with Crippen LogP contribution in [0.4, 0.5) is 4.79 Å². The highest BCUT2D eigenvalue weighted by molar-refractivity contribution is 8.01. The Labute approximate surface area is 150 Å². The predicted octanol–water partition coefficient (Wildman–Crippen LogP) is 3.28. The van der Waals surface area contributed by atoms with Crippen LogP contribution in [0.3, 0.4) is 0 Å². The van der Waals surface area contributed by atoms with Crippen LogP contribution in [-0.2, 0) is 4.74 Å². The summed E-state index contributed by atoms with van der Waals surface area (Å²) in [5.74, 6) is 0.483. The Morgan fingerprint density at radius 3 is 2.67 bits per heavy atom. The number of ether oxygens (including phenoxy) is 1. The highest BCUT2D eigenvalue weighted by atomic mass is 32.2.